The van der Waals surface area contributed by atoms with E-state index in [1.54, 1.807) is 36.5 Å². The van der Waals surface area contributed by atoms with Crippen LogP contribution in [0.4, 0.5) is 11.4 Å². The summed E-state index contributed by atoms with van der Waals surface area (Å²) in [6, 6.07) is 10.6. The molecule has 22 heavy (non-hydrogen) atoms. The number of anilines is 2. The number of hydrogen-bond acceptors (Lipinski definition) is 4. The number of carbonyl (C=O) groups is 2. The van der Waals surface area contributed by atoms with E-state index in [-0.39, 0.29) is 17.7 Å². The van der Waals surface area contributed by atoms with Gasteiger partial charge in [0.1, 0.15) is 5.69 Å². The molecule has 114 valence electrons. The number of nitrogens with zero attached hydrogens (tertiary/aromatic N) is 1. The van der Waals surface area contributed by atoms with Gasteiger partial charge in [0.25, 0.3) is 5.91 Å². The predicted octanol–water partition coefficient (Wildman–Crippen LogP) is 3.36. The lowest BCUT2D eigenvalue weighted by atomic mass is 10.1. The zero-order valence-electron chi connectivity index (χ0n) is 12.9. The summed E-state index contributed by atoms with van der Waals surface area (Å²) in [5.41, 5.74) is 2.42. The molecular formula is C17H19N3O2. The molecular weight excluding hydrogens is 278 g/mol. The van der Waals surface area contributed by atoms with Gasteiger partial charge in [-0.1, -0.05) is 0 Å². The fourth-order valence-corrected chi connectivity index (χ4v) is 1.96. The molecule has 0 bridgehead atoms. The fraction of sp³-hybridized carbons (Fsp3) is 0.235. The van der Waals surface area contributed by atoms with Crippen LogP contribution in [0.15, 0.2) is 42.6 Å². The third-order valence-electron chi connectivity index (χ3n) is 3.00. The van der Waals surface area contributed by atoms with E-state index in [4.69, 9.17) is 0 Å². The van der Waals surface area contributed by atoms with Gasteiger partial charge in [-0.05, 0) is 57.2 Å². The molecule has 1 heterocycles. The molecule has 0 saturated heterocycles. The second kappa shape index (κ2) is 6.85. The summed E-state index contributed by atoms with van der Waals surface area (Å²) in [5.74, 6) is -0.296. The Bertz CT molecular complexity index is 679. The number of Topliss-reactive ketones (excluding diaryl/α,β-unsaturated/α-hetero) is 1. The van der Waals surface area contributed by atoms with Crippen LogP contribution in [0.25, 0.3) is 0 Å². The Morgan fingerprint density at radius 3 is 2.32 bits per heavy atom. The molecule has 0 aliphatic carbocycles. The standard InChI is InChI=1S/C17H19N3O2/c1-11(2)19-15-8-9-18-16(10-15)17(22)20-14-6-4-13(5-7-14)12(3)21/h4-11H,1-3H3,(H,18,19)(H,20,22). The van der Waals surface area contributed by atoms with Gasteiger partial charge in [-0.3, -0.25) is 14.6 Å². The van der Waals surface area contributed by atoms with Crippen molar-refractivity contribution in [3.05, 3.63) is 53.9 Å². The van der Waals surface area contributed by atoms with Crippen LogP contribution in [0.5, 0.6) is 0 Å². The van der Waals surface area contributed by atoms with E-state index >= 15 is 0 Å². The van der Waals surface area contributed by atoms with Gasteiger partial charge in [-0.25, -0.2) is 0 Å². The Morgan fingerprint density at radius 2 is 1.73 bits per heavy atom. The van der Waals surface area contributed by atoms with Crippen LogP contribution in [-0.2, 0) is 0 Å². The van der Waals surface area contributed by atoms with Gasteiger partial charge in [-0.2, -0.15) is 0 Å². The van der Waals surface area contributed by atoms with Crippen molar-refractivity contribution in [2.75, 3.05) is 10.6 Å². The van der Waals surface area contributed by atoms with Crippen LogP contribution < -0.4 is 10.6 Å². The number of nitrogens with one attached hydrogen (secondary N) is 2. The number of aromatic nitrogens is 1. The lowest BCUT2D eigenvalue weighted by molar-refractivity contribution is 0.101. The van der Waals surface area contributed by atoms with Gasteiger partial charge in [0.2, 0.25) is 0 Å². The Hall–Kier alpha value is -2.69. The van der Waals surface area contributed by atoms with Crippen molar-refractivity contribution < 1.29 is 9.59 Å². The van der Waals surface area contributed by atoms with Gasteiger partial charge in [0.15, 0.2) is 5.78 Å². The molecule has 1 amide bonds. The largest absolute Gasteiger partial charge is 0.383 e. The van der Waals surface area contributed by atoms with Gasteiger partial charge in [0.05, 0.1) is 0 Å². The van der Waals surface area contributed by atoms with Gasteiger partial charge in [-0.15, -0.1) is 0 Å². The molecule has 1 aromatic heterocycles. The average molecular weight is 297 g/mol. The van der Waals surface area contributed by atoms with Crippen LogP contribution in [0, 0.1) is 0 Å². The van der Waals surface area contributed by atoms with Crippen LogP contribution in [0.1, 0.15) is 41.6 Å². The fourth-order valence-electron chi connectivity index (χ4n) is 1.96. The summed E-state index contributed by atoms with van der Waals surface area (Å²) < 4.78 is 0. The number of rotatable bonds is 5. The number of benzene rings is 1. The smallest absolute Gasteiger partial charge is 0.274 e. The van der Waals surface area contributed by atoms with E-state index in [1.807, 2.05) is 19.9 Å². The van der Waals surface area contributed by atoms with Crippen LogP contribution in [0.2, 0.25) is 0 Å². The molecule has 0 spiro atoms. The van der Waals surface area contributed by atoms with E-state index in [9.17, 15) is 9.59 Å². The molecule has 5 nitrogen and oxygen atoms in total. The first kappa shape index (κ1) is 15.7. The minimum atomic E-state index is -0.289. The van der Waals surface area contributed by atoms with Crippen molar-refractivity contribution in [2.24, 2.45) is 0 Å². The van der Waals surface area contributed by atoms with E-state index in [0.29, 0.717) is 16.9 Å². The molecule has 2 N–H and O–H groups in total. The zero-order valence-corrected chi connectivity index (χ0v) is 12.9. The maximum atomic E-state index is 12.2. The predicted molar refractivity (Wildman–Crippen MR) is 87.4 cm³/mol. The number of hydrogen-bond donors (Lipinski definition) is 2. The summed E-state index contributed by atoms with van der Waals surface area (Å²) in [7, 11) is 0. The van der Waals surface area contributed by atoms with Crippen molar-refractivity contribution in [1.29, 1.82) is 0 Å². The second-order valence-electron chi connectivity index (χ2n) is 5.32. The molecule has 0 aliphatic heterocycles. The monoisotopic (exact) mass is 297 g/mol. The minimum absolute atomic E-state index is 0.00740. The van der Waals surface area contributed by atoms with Gasteiger partial charge >= 0.3 is 0 Å². The molecule has 1 aromatic carbocycles. The number of carbonyl (C=O) groups excluding carboxylic acids is 2. The van der Waals surface area contributed by atoms with E-state index < -0.39 is 0 Å². The van der Waals surface area contributed by atoms with Gasteiger partial charge in [0, 0.05) is 29.2 Å². The molecule has 0 atom stereocenters. The second-order valence-corrected chi connectivity index (χ2v) is 5.32. The molecule has 0 fully saturated rings. The van der Waals surface area contributed by atoms with Crippen LogP contribution in [-0.4, -0.2) is 22.7 Å². The maximum Gasteiger partial charge on any atom is 0.274 e. The maximum absolute atomic E-state index is 12.2. The summed E-state index contributed by atoms with van der Waals surface area (Å²) in [4.78, 5) is 27.5. The van der Waals surface area contributed by atoms with Crippen molar-refractivity contribution in [3.8, 4) is 0 Å². The Labute approximate surface area is 129 Å². The highest BCUT2D eigenvalue weighted by molar-refractivity contribution is 6.03. The lowest BCUT2D eigenvalue weighted by Gasteiger charge is -2.11. The van der Waals surface area contributed by atoms with Crippen molar-refractivity contribution in [1.82, 2.24) is 4.98 Å². The Kier molecular flexibility index (Phi) is 4.88. The average Bonchev–Trinajstić information content (AvgIpc) is 2.47. The van der Waals surface area contributed by atoms with Crippen LogP contribution in [0.3, 0.4) is 0 Å². The molecule has 2 rings (SSSR count). The first-order chi connectivity index (χ1) is 10.5. The quantitative estimate of drug-likeness (QED) is 0.830. The molecule has 0 unspecified atom stereocenters. The summed E-state index contributed by atoms with van der Waals surface area (Å²) in [6.07, 6.45) is 1.60. The summed E-state index contributed by atoms with van der Waals surface area (Å²) >= 11 is 0. The minimum Gasteiger partial charge on any atom is -0.383 e. The topological polar surface area (TPSA) is 71.1 Å². The Morgan fingerprint density at radius 1 is 1.05 bits per heavy atom. The third kappa shape index (κ3) is 4.15. The molecule has 0 radical (unpaired) electrons. The summed E-state index contributed by atoms with van der Waals surface area (Å²) in [5, 5.41) is 5.99. The van der Waals surface area contributed by atoms with E-state index in [2.05, 4.69) is 15.6 Å². The molecule has 0 aliphatic rings. The third-order valence-corrected chi connectivity index (χ3v) is 3.00. The number of ketones is 1. The number of amides is 1. The van der Waals surface area contributed by atoms with E-state index in [1.165, 1.54) is 6.92 Å². The van der Waals surface area contributed by atoms with Gasteiger partial charge < -0.3 is 10.6 Å². The first-order valence-electron chi connectivity index (χ1n) is 7.10. The van der Waals surface area contributed by atoms with Crippen molar-refractivity contribution >= 4 is 23.1 Å². The van der Waals surface area contributed by atoms with Crippen molar-refractivity contribution in [3.63, 3.8) is 0 Å². The van der Waals surface area contributed by atoms with Crippen molar-refractivity contribution in [2.45, 2.75) is 26.8 Å². The SMILES string of the molecule is CC(=O)c1ccc(NC(=O)c2cc(NC(C)C)ccn2)cc1. The highest BCUT2D eigenvalue weighted by Crippen LogP contribution is 2.13. The summed E-state index contributed by atoms with van der Waals surface area (Å²) in [6.45, 7) is 5.55. The highest BCUT2D eigenvalue weighted by atomic mass is 16.2. The van der Waals surface area contributed by atoms with E-state index in [0.717, 1.165) is 5.69 Å². The highest BCUT2D eigenvalue weighted by Gasteiger charge is 2.09. The first-order valence-corrected chi connectivity index (χ1v) is 7.10. The molecule has 0 saturated carbocycles. The molecule has 2 aromatic rings. The molecule has 5 heteroatoms. The lowest BCUT2D eigenvalue weighted by Crippen LogP contribution is -2.15. The number of pyridine rings is 1. The normalized spacial score (nSPS) is 10.4. The zero-order chi connectivity index (χ0) is 16.1. The van der Waals surface area contributed by atoms with Crippen LogP contribution >= 0.6 is 0 Å². The Balaban J connectivity index is 2.10.